The molecular weight excluding hydrogens is 344 g/mol. The van der Waals surface area contributed by atoms with Crippen LogP contribution in [0.4, 0.5) is 0 Å². The van der Waals surface area contributed by atoms with Crippen molar-refractivity contribution in [3.05, 3.63) is 78.7 Å². The summed E-state index contributed by atoms with van der Waals surface area (Å²) in [5.41, 5.74) is 3.28. The highest BCUT2D eigenvalue weighted by Gasteiger charge is 2.30. The van der Waals surface area contributed by atoms with Crippen molar-refractivity contribution in [3.63, 3.8) is 0 Å². The molecule has 1 atom stereocenters. The number of benzene rings is 1. The van der Waals surface area contributed by atoms with Crippen molar-refractivity contribution in [2.45, 2.75) is 45.4 Å². The fourth-order valence-electron chi connectivity index (χ4n) is 4.32. The van der Waals surface area contributed by atoms with Gasteiger partial charge in [-0.25, -0.2) is 0 Å². The second-order valence-corrected chi connectivity index (χ2v) is 7.66. The number of para-hydroxylation sites is 1. The van der Waals surface area contributed by atoms with Gasteiger partial charge in [-0.3, -0.25) is 9.78 Å². The minimum atomic E-state index is 0.00797. The lowest BCUT2D eigenvalue weighted by atomic mass is 9.73. The van der Waals surface area contributed by atoms with E-state index in [9.17, 15) is 4.79 Å². The summed E-state index contributed by atoms with van der Waals surface area (Å²) in [6.07, 6.45) is 13.7. The van der Waals surface area contributed by atoms with E-state index >= 15 is 0 Å². The third kappa shape index (κ3) is 4.59. The van der Waals surface area contributed by atoms with Crippen molar-refractivity contribution in [3.8, 4) is 0 Å². The minimum Gasteiger partial charge on any atom is -0.326 e. The first-order chi connectivity index (χ1) is 13.6. The van der Waals surface area contributed by atoms with Gasteiger partial charge in [0.25, 0.3) is 0 Å². The lowest BCUT2D eigenvalue weighted by Crippen LogP contribution is -2.34. The molecule has 0 saturated heterocycles. The molecule has 1 amide bonds. The summed E-state index contributed by atoms with van der Waals surface area (Å²) >= 11 is 0. The molecule has 3 rings (SSSR count). The number of hydrogen-bond acceptors (Lipinski definition) is 2. The Kier molecular flexibility index (Phi) is 6.80. The first kappa shape index (κ1) is 20.1. The quantitative estimate of drug-likeness (QED) is 0.639. The number of hydrogen-bond donors (Lipinski definition) is 1. The van der Waals surface area contributed by atoms with Crippen LogP contribution < -0.4 is 5.32 Å². The molecule has 0 radical (unpaired) electrons. The van der Waals surface area contributed by atoms with E-state index in [2.05, 4.69) is 48.1 Å². The maximum Gasteiger partial charge on any atom is 0.227 e. The smallest absolute Gasteiger partial charge is 0.227 e. The molecule has 1 aromatic heterocycles. The summed E-state index contributed by atoms with van der Waals surface area (Å²) in [6.45, 7) is 7.72. The Balaban J connectivity index is 1.64. The summed E-state index contributed by atoms with van der Waals surface area (Å²) < 4.78 is 0. The molecule has 146 valence electrons. The van der Waals surface area contributed by atoms with Crippen LogP contribution in [0.15, 0.2) is 73.1 Å². The van der Waals surface area contributed by atoms with Gasteiger partial charge in [-0.05, 0) is 74.3 Å². The van der Waals surface area contributed by atoms with Crippen molar-refractivity contribution in [1.29, 1.82) is 0 Å². The Labute approximate surface area is 168 Å². The van der Waals surface area contributed by atoms with Gasteiger partial charge in [-0.1, -0.05) is 43.9 Å². The molecule has 1 aromatic carbocycles. The van der Waals surface area contributed by atoms with Crippen LogP contribution in [-0.4, -0.2) is 10.9 Å². The van der Waals surface area contributed by atoms with Gasteiger partial charge in [0.15, 0.2) is 0 Å². The Bertz CT molecular complexity index is 883. The Morgan fingerprint density at radius 1 is 1.21 bits per heavy atom. The van der Waals surface area contributed by atoms with Crippen molar-refractivity contribution in [1.82, 2.24) is 10.3 Å². The van der Waals surface area contributed by atoms with E-state index in [4.69, 9.17) is 0 Å². The molecule has 0 spiro atoms. The minimum absolute atomic E-state index is 0.00797. The molecule has 1 saturated carbocycles. The average molecular weight is 375 g/mol. The summed E-state index contributed by atoms with van der Waals surface area (Å²) in [4.78, 5) is 17.2. The van der Waals surface area contributed by atoms with Crippen LogP contribution in [0.5, 0.6) is 0 Å². The number of nitrogens with zero attached hydrogens (tertiary/aromatic N) is 1. The van der Waals surface area contributed by atoms with Crippen molar-refractivity contribution in [2.24, 2.45) is 11.8 Å². The number of nitrogens with one attached hydrogen (secondary N) is 1. The third-order valence-electron chi connectivity index (χ3n) is 5.93. The van der Waals surface area contributed by atoms with Gasteiger partial charge < -0.3 is 5.32 Å². The van der Waals surface area contributed by atoms with Gasteiger partial charge in [0.1, 0.15) is 0 Å². The number of carbonyl (C=O) groups is 1. The molecular formula is C25H30N2O. The standard InChI is InChI=1S/C25H30N2O/c1-4-8-21(9-5-2)27-25(28)18(3)19-12-14-20(15-13-19)22-16-17-26-24-11-7-6-10-23(22)24/h4-11,16-20H,1,12-15H2,2-3H3,(H,27,28)/b9-5-,21-8+. The monoisotopic (exact) mass is 374 g/mol. The molecule has 3 nitrogen and oxygen atoms in total. The summed E-state index contributed by atoms with van der Waals surface area (Å²) in [7, 11) is 0. The number of aromatic nitrogens is 1. The molecule has 1 aliphatic carbocycles. The summed E-state index contributed by atoms with van der Waals surface area (Å²) in [6, 6.07) is 10.6. The predicted octanol–water partition coefficient (Wildman–Crippen LogP) is 5.91. The molecule has 1 fully saturated rings. The van der Waals surface area contributed by atoms with E-state index in [1.54, 1.807) is 6.08 Å². The van der Waals surface area contributed by atoms with Crippen LogP contribution >= 0.6 is 0 Å². The average Bonchev–Trinajstić information content (AvgIpc) is 2.73. The van der Waals surface area contributed by atoms with Crippen LogP contribution in [0.1, 0.15) is 51.0 Å². The van der Waals surface area contributed by atoms with Crippen molar-refractivity contribution in [2.75, 3.05) is 0 Å². The highest BCUT2D eigenvalue weighted by atomic mass is 16.1. The second-order valence-electron chi connectivity index (χ2n) is 7.66. The van der Waals surface area contributed by atoms with Gasteiger partial charge in [-0.15, -0.1) is 0 Å². The first-order valence-electron chi connectivity index (χ1n) is 10.2. The van der Waals surface area contributed by atoms with E-state index in [-0.39, 0.29) is 11.8 Å². The Morgan fingerprint density at radius 3 is 2.68 bits per heavy atom. The highest BCUT2D eigenvalue weighted by Crippen LogP contribution is 2.40. The molecule has 1 aliphatic rings. The molecule has 0 bridgehead atoms. The number of rotatable bonds is 6. The lowest BCUT2D eigenvalue weighted by Gasteiger charge is -2.32. The molecule has 2 aromatic rings. The Morgan fingerprint density at radius 2 is 1.96 bits per heavy atom. The lowest BCUT2D eigenvalue weighted by molar-refractivity contribution is -0.125. The number of pyridine rings is 1. The molecule has 3 heteroatoms. The normalized spacial score (nSPS) is 21.6. The molecule has 28 heavy (non-hydrogen) atoms. The summed E-state index contributed by atoms with van der Waals surface area (Å²) in [5.74, 6) is 1.09. The third-order valence-corrected chi connectivity index (χ3v) is 5.93. The zero-order chi connectivity index (χ0) is 19.9. The van der Waals surface area contributed by atoms with E-state index in [0.29, 0.717) is 11.8 Å². The van der Waals surface area contributed by atoms with Crippen LogP contribution in [0.2, 0.25) is 0 Å². The maximum atomic E-state index is 12.7. The topological polar surface area (TPSA) is 42.0 Å². The van der Waals surface area contributed by atoms with Gasteiger partial charge in [-0.2, -0.15) is 0 Å². The van der Waals surface area contributed by atoms with Crippen LogP contribution in [0.3, 0.4) is 0 Å². The Hall–Kier alpha value is -2.68. The molecule has 1 heterocycles. The molecule has 0 aliphatic heterocycles. The fourth-order valence-corrected chi connectivity index (χ4v) is 4.32. The maximum absolute atomic E-state index is 12.7. The predicted molar refractivity (Wildman–Crippen MR) is 117 cm³/mol. The van der Waals surface area contributed by atoms with Gasteiger partial charge >= 0.3 is 0 Å². The number of allylic oxidation sites excluding steroid dienone is 4. The molecule has 1 N–H and O–H groups in total. The number of carbonyl (C=O) groups excluding carboxylic acids is 1. The largest absolute Gasteiger partial charge is 0.326 e. The van der Waals surface area contributed by atoms with Crippen molar-refractivity contribution >= 4 is 16.8 Å². The van der Waals surface area contributed by atoms with E-state index in [1.807, 2.05) is 37.4 Å². The fraction of sp³-hybridized carbons (Fsp3) is 0.360. The number of amides is 1. The van der Waals surface area contributed by atoms with Crippen molar-refractivity contribution < 1.29 is 4.79 Å². The second kappa shape index (κ2) is 9.50. The zero-order valence-electron chi connectivity index (χ0n) is 16.9. The van der Waals surface area contributed by atoms with E-state index < -0.39 is 0 Å². The van der Waals surface area contributed by atoms with E-state index in [1.165, 1.54) is 10.9 Å². The molecule has 1 unspecified atom stereocenters. The zero-order valence-corrected chi connectivity index (χ0v) is 16.9. The van der Waals surface area contributed by atoms with Gasteiger partial charge in [0, 0.05) is 23.2 Å². The van der Waals surface area contributed by atoms with Crippen LogP contribution in [0, 0.1) is 11.8 Å². The van der Waals surface area contributed by atoms with Gasteiger partial charge in [0.05, 0.1) is 5.52 Å². The highest BCUT2D eigenvalue weighted by molar-refractivity contribution is 5.82. The summed E-state index contributed by atoms with van der Waals surface area (Å²) in [5, 5.41) is 4.31. The van der Waals surface area contributed by atoms with Crippen LogP contribution in [0.25, 0.3) is 10.9 Å². The first-order valence-corrected chi connectivity index (χ1v) is 10.2. The van der Waals surface area contributed by atoms with Crippen LogP contribution in [-0.2, 0) is 4.79 Å². The van der Waals surface area contributed by atoms with E-state index in [0.717, 1.165) is 36.9 Å². The number of fused-ring (bicyclic) bond motifs is 1. The van der Waals surface area contributed by atoms with Gasteiger partial charge in [0.2, 0.25) is 5.91 Å². The SMILES string of the molecule is C=C/C=C(\C=C/C)NC(=O)C(C)C1CCC(c2ccnc3ccccc23)CC1.